The van der Waals surface area contributed by atoms with Crippen molar-refractivity contribution >= 4 is 5.97 Å². The molecule has 0 radical (unpaired) electrons. The summed E-state index contributed by atoms with van der Waals surface area (Å²) in [7, 11) is 1.38. The topological polar surface area (TPSA) is 26.3 Å². The molecule has 0 aromatic carbocycles. The summed E-state index contributed by atoms with van der Waals surface area (Å²) in [5, 5.41) is 0. The average molecular weight is 168 g/mol. The number of carbonyl (C=O) groups is 1. The van der Waals surface area contributed by atoms with Gasteiger partial charge in [0.05, 0.1) is 7.11 Å². The minimum atomic E-state index is -0.294. The van der Waals surface area contributed by atoms with Crippen LogP contribution in [0.4, 0.5) is 0 Å². The lowest BCUT2D eigenvalue weighted by atomic mass is 10.1. The molecule has 0 saturated heterocycles. The summed E-state index contributed by atoms with van der Waals surface area (Å²) in [5.41, 5.74) is 0. The molecule has 0 bridgehead atoms. The third kappa shape index (κ3) is 4.72. The van der Waals surface area contributed by atoms with Gasteiger partial charge in [0, 0.05) is 6.08 Å². The van der Waals surface area contributed by atoms with Crippen molar-refractivity contribution in [1.82, 2.24) is 0 Å². The number of hydrogen-bond acceptors (Lipinski definition) is 2. The van der Waals surface area contributed by atoms with Crippen molar-refractivity contribution in [2.24, 2.45) is 5.92 Å². The normalized spacial score (nSPS) is 13.9. The molecule has 0 rings (SSSR count). The van der Waals surface area contributed by atoms with Crippen LogP contribution in [0, 0.1) is 5.92 Å². The van der Waals surface area contributed by atoms with Gasteiger partial charge in [0.15, 0.2) is 0 Å². The molecule has 1 atom stereocenters. The van der Waals surface area contributed by atoms with Gasteiger partial charge in [-0.3, -0.25) is 0 Å². The SMILES string of the molecule is C/C=C\C(/C=C/C(=O)OC)CC. The van der Waals surface area contributed by atoms with Crippen molar-refractivity contribution in [3.63, 3.8) is 0 Å². The van der Waals surface area contributed by atoms with Crippen LogP contribution in [0.1, 0.15) is 20.3 Å². The number of esters is 1. The molecule has 0 aromatic rings. The zero-order valence-corrected chi connectivity index (χ0v) is 7.91. The molecule has 0 aliphatic carbocycles. The molecule has 0 fully saturated rings. The summed E-state index contributed by atoms with van der Waals surface area (Å²) >= 11 is 0. The summed E-state index contributed by atoms with van der Waals surface area (Å²) in [6, 6.07) is 0. The molecule has 0 aromatic heterocycles. The fraction of sp³-hybridized carbons (Fsp3) is 0.500. The second kappa shape index (κ2) is 6.65. The summed E-state index contributed by atoms with van der Waals surface area (Å²) in [4.78, 5) is 10.7. The summed E-state index contributed by atoms with van der Waals surface area (Å²) in [5.74, 6) is 0.0482. The number of allylic oxidation sites excluding steroid dienone is 3. The van der Waals surface area contributed by atoms with Crippen molar-refractivity contribution in [2.45, 2.75) is 20.3 Å². The predicted octanol–water partition coefficient (Wildman–Crippen LogP) is 2.32. The van der Waals surface area contributed by atoms with Gasteiger partial charge in [0.2, 0.25) is 0 Å². The van der Waals surface area contributed by atoms with Crippen LogP contribution in [0.3, 0.4) is 0 Å². The molecule has 0 aliphatic heterocycles. The Labute approximate surface area is 73.9 Å². The molecule has 12 heavy (non-hydrogen) atoms. The largest absolute Gasteiger partial charge is 0.466 e. The van der Waals surface area contributed by atoms with Crippen LogP contribution >= 0.6 is 0 Å². The highest BCUT2D eigenvalue weighted by Gasteiger charge is 1.96. The molecule has 68 valence electrons. The molecule has 0 N–H and O–H groups in total. The zero-order valence-electron chi connectivity index (χ0n) is 7.91. The summed E-state index contributed by atoms with van der Waals surface area (Å²) < 4.78 is 4.47. The van der Waals surface area contributed by atoms with E-state index in [0.717, 1.165) is 6.42 Å². The van der Waals surface area contributed by atoms with E-state index in [1.807, 2.05) is 19.1 Å². The van der Waals surface area contributed by atoms with Crippen LogP contribution in [0.5, 0.6) is 0 Å². The Morgan fingerprint density at radius 1 is 1.50 bits per heavy atom. The Bertz CT molecular complexity index is 180. The molecule has 2 heteroatoms. The Morgan fingerprint density at radius 3 is 2.58 bits per heavy atom. The van der Waals surface area contributed by atoms with Gasteiger partial charge in [-0.1, -0.05) is 25.2 Å². The number of ether oxygens (including phenoxy) is 1. The second-order valence-corrected chi connectivity index (χ2v) is 2.48. The van der Waals surface area contributed by atoms with E-state index in [1.165, 1.54) is 13.2 Å². The second-order valence-electron chi connectivity index (χ2n) is 2.48. The van der Waals surface area contributed by atoms with Crippen molar-refractivity contribution in [3.8, 4) is 0 Å². The van der Waals surface area contributed by atoms with E-state index >= 15 is 0 Å². The van der Waals surface area contributed by atoms with Crippen molar-refractivity contribution in [1.29, 1.82) is 0 Å². The maximum absolute atomic E-state index is 10.7. The number of methoxy groups -OCH3 is 1. The molecule has 0 heterocycles. The Balaban J connectivity index is 4.00. The predicted molar refractivity (Wildman–Crippen MR) is 49.8 cm³/mol. The first-order chi connectivity index (χ1) is 5.74. The number of hydrogen-bond donors (Lipinski definition) is 0. The Hall–Kier alpha value is -1.05. The van der Waals surface area contributed by atoms with Crippen LogP contribution in [0.2, 0.25) is 0 Å². The standard InChI is InChI=1S/C10H16O2/c1-4-6-9(5-2)7-8-10(11)12-3/h4,6-9H,5H2,1-3H3/b6-4-,8-7+. The van der Waals surface area contributed by atoms with Gasteiger partial charge < -0.3 is 4.74 Å². The van der Waals surface area contributed by atoms with Gasteiger partial charge in [-0.2, -0.15) is 0 Å². The van der Waals surface area contributed by atoms with Gasteiger partial charge in [0.25, 0.3) is 0 Å². The van der Waals surface area contributed by atoms with E-state index in [0.29, 0.717) is 5.92 Å². The number of carbonyl (C=O) groups excluding carboxylic acids is 1. The van der Waals surface area contributed by atoms with Gasteiger partial charge in [-0.15, -0.1) is 0 Å². The Kier molecular flexibility index (Phi) is 6.07. The van der Waals surface area contributed by atoms with Gasteiger partial charge in [0.1, 0.15) is 0 Å². The van der Waals surface area contributed by atoms with Crippen LogP contribution in [-0.2, 0) is 9.53 Å². The van der Waals surface area contributed by atoms with E-state index in [4.69, 9.17) is 0 Å². The van der Waals surface area contributed by atoms with Crippen LogP contribution in [-0.4, -0.2) is 13.1 Å². The number of rotatable bonds is 4. The average Bonchev–Trinajstić information content (AvgIpc) is 2.11. The molecule has 0 amide bonds. The maximum atomic E-state index is 10.7. The summed E-state index contributed by atoms with van der Waals surface area (Å²) in [6.45, 7) is 4.04. The summed E-state index contributed by atoms with van der Waals surface area (Å²) in [6.07, 6.45) is 8.35. The van der Waals surface area contributed by atoms with E-state index in [-0.39, 0.29) is 5.97 Å². The lowest BCUT2D eigenvalue weighted by molar-refractivity contribution is -0.134. The minimum absolute atomic E-state index is 0.294. The molecular weight excluding hydrogens is 152 g/mol. The van der Waals surface area contributed by atoms with Crippen LogP contribution < -0.4 is 0 Å². The van der Waals surface area contributed by atoms with Crippen molar-refractivity contribution < 1.29 is 9.53 Å². The van der Waals surface area contributed by atoms with Gasteiger partial charge in [-0.05, 0) is 19.3 Å². The van der Waals surface area contributed by atoms with Gasteiger partial charge >= 0.3 is 5.97 Å². The lowest BCUT2D eigenvalue weighted by Gasteiger charge is -2.00. The van der Waals surface area contributed by atoms with Gasteiger partial charge in [-0.25, -0.2) is 4.79 Å². The zero-order chi connectivity index (χ0) is 9.40. The highest BCUT2D eigenvalue weighted by atomic mass is 16.5. The molecule has 2 nitrogen and oxygen atoms in total. The molecule has 0 spiro atoms. The highest BCUT2D eigenvalue weighted by molar-refractivity contribution is 5.81. The van der Waals surface area contributed by atoms with E-state index in [1.54, 1.807) is 0 Å². The molecular formula is C10H16O2. The maximum Gasteiger partial charge on any atom is 0.330 e. The third-order valence-corrected chi connectivity index (χ3v) is 1.59. The quantitative estimate of drug-likeness (QED) is 0.366. The lowest BCUT2D eigenvalue weighted by Crippen LogP contribution is -1.96. The monoisotopic (exact) mass is 168 g/mol. The van der Waals surface area contributed by atoms with Crippen molar-refractivity contribution in [3.05, 3.63) is 24.3 Å². The first kappa shape index (κ1) is 11.0. The highest BCUT2D eigenvalue weighted by Crippen LogP contribution is 2.05. The molecule has 0 aliphatic rings. The fourth-order valence-electron chi connectivity index (χ4n) is 0.854. The minimum Gasteiger partial charge on any atom is -0.466 e. The molecule has 1 unspecified atom stereocenters. The molecule has 0 saturated carbocycles. The van der Waals surface area contributed by atoms with Crippen LogP contribution in [0.25, 0.3) is 0 Å². The van der Waals surface area contributed by atoms with Crippen LogP contribution in [0.15, 0.2) is 24.3 Å². The Morgan fingerprint density at radius 2 is 2.17 bits per heavy atom. The van der Waals surface area contributed by atoms with E-state index in [9.17, 15) is 4.79 Å². The smallest absolute Gasteiger partial charge is 0.330 e. The van der Waals surface area contributed by atoms with Crippen molar-refractivity contribution in [2.75, 3.05) is 7.11 Å². The fourth-order valence-corrected chi connectivity index (χ4v) is 0.854. The van der Waals surface area contributed by atoms with E-state index in [2.05, 4.69) is 17.7 Å². The third-order valence-electron chi connectivity index (χ3n) is 1.59. The first-order valence-electron chi connectivity index (χ1n) is 4.13. The first-order valence-corrected chi connectivity index (χ1v) is 4.13. The van der Waals surface area contributed by atoms with E-state index < -0.39 is 0 Å².